The van der Waals surface area contributed by atoms with Crippen LogP contribution in [0.1, 0.15) is 12.6 Å². The molecule has 0 aromatic carbocycles. The van der Waals surface area contributed by atoms with Gasteiger partial charge in [-0.15, -0.1) is 0 Å². The van der Waals surface area contributed by atoms with E-state index in [1.54, 1.807) is 0 Å². The number of rotatable bonds is 2. The van der Waals surface area contributed by atoms with E-state index in [2.05, 4.69) is 15.0 Å². The first-order chi connectivity index (χ1) is 9.51. The average molecular weight is 340 g/mol. The lowest BCUT2D eigenvalue weighted by atomic mass is 10.2. The second-order valence-electron chi connectivity index (χ2n) is 4.32. The molecule has 0 spiro atoms. The molecule has 3 atom stereocenters. The topological polar surface area (TPSA) is 93.3 Å². The summed E-state index contributed by atoms with van der Waals surface area (Å²) in [7, 11) is 0. The zero-order chi connectivity index (χ0) is 14.4. The number of aliphatic hydroxyl groups is 2. The molecule has 10 heteroatoms. The largest absolute Gasteiger partial charge is 0.394 e. The molecule has 2 aromatic rings. The fourth-order valence-electron chi connectivity index (χ4n) is 2.18. The van der Waals surface area contributed by atoms with Gasteiger partial charge in [0.1, 0.15) is 17.8 Å². The molecule has 2 aromatic heterocycles. The van der Waals surface area contributed by atoms with Crippen LogP contribution < -0.4 is 0 Å². The van der Waals surface area contributed by atoms with Gasteiger partial charge in [-0.25, -0.2) is 9.97 Å². The number of hydrogen-bond donors (Lipinski definition) is 2. The van der Waals surface area contributed by atoms with Crippen LogP contribution in [-0.2, 0) is 4.74 Å². The van der Waals surface area contributed by atoms with Crippen molar-refractivity contribution in [2.24, 2.45) is 0 Å². The molecule has 0 radical (unpaired) electrons. The average Bonchev–Trinajstić information content (AvgIpc) is 2.89. The fraction of sp³-hybridized carbons (Fsp3) is 0.500. The summed E-state index contributed by atoms with van der Waals surface area (Å²) in [6.07, 6.45) is -1.84. The van der Waals surface area contributed by atoms with E-state index in [-0.39, 0.29) is 28.7 Å². The number of nitrogens with zero attached hydrogens (tertiary/aromatic N) is 4. The van der Waals surface area contributed by atoms with Crippen molar-refractivity contribution in [3.05, 3.63) is 15.7 Å². The highest BCUT2D eigenvalue weighted by molar-refractivity contribution is 6.36. The molecule has 0 bridgehead atoms. The zero-order valence-electron chi connectivity index (χ0n) is 9.87. The molecular formula is C10H9Cl3N4O3. The summed E-state index contributed by atoms with van der Waals surface area (Å²) in [6.45, 7) is -0.293. The third kappa shape index (κ3) is 2.24. The van der Waals surface area contributed by atoms with E-state index >= 15 is 0 Å². The molecule has 1 fully saturated rings. The molecule has 7 nitrogen and oxygen atoms in total. The summed E-state index contributed by atoms with van der Waals surface area (Å²) in [5.41, 5.74) is 0.613. The number of aromatic nitrogens is 4. The molecule has 108 valence electrons. The van der Waals surface area contributed by atoms with Crippen LogP contribution in [0.3, 0.4) is 0 Å². The first kappa shape index (κ1) is 14.2. The summed E-state index contributed by atoms with van der Waals surface area (Å²) in [4.78, 5) is 11.9. The second kappa shape index (κ2) is 5.25. The van der Waals surface area contributed by atoms with E-state index in [4.69, 9.17) is 44.6 Å². The number of hydrogen-bond acceptors (Lipinski definition) is 6. The van der Waals surface area contributed by atoms with Crippen LogP contribution in [0.25, 0.3) is 11.2 Å². The van der Waals surface area contributed by atoms with Crippen LogP contribution in [0, 0.1) is 0 Å². The van der Waals surface area contributed by atoms with Gasteiger partial charge in [-0.2, -0.15) is 4.98 Å². The van der Waals surface area contributed by atoms with Crippen molar-refractivity contribution in [2.75, 3.05) is 6.61 Å². The lowest BCUT2D eigenvalue weighted by Crippen LogP contribution is -2.24. The highest BCUT2D eigenvalue weighted by Crippen LogP contribution is 2.35. The van der Waals surface area contributed by atoms with Gasteiger partial charge in [0, 0.05) is 6.42 Å². The van der Waals surface area contributed by atoms with E-state index < -0.39 is 18.4 Å². The summed E-state index contributed by atoms with van der Waals surface area (Å²) >= 11 is 17.8. The zero-order valence-corrected chi connectivity index (χ0v) is 12.1. The quantitative estimate of drug-likeness (QED) is 0.488. The van der Waals surface area contributed by atoms with Gasteiger partial charge in [0.2, 0.25) is 10.6 Å². The summed E-state index contributed by atoms with van der Waals surface area (Å²) in [6, 6.07) is 0. The Balaban J connectivity index is 2.10. The summed E-state index contributed by atoms with van der Waals surface area (Å²) in [5.74, 6) is 0. The molecule has 1 saturated heterocycles. The van der Waals surface area contributed by atoms with Gasteiger partial charge in [-0.05, 0) is 23.2 Å². The van der Waals surface area contributed by atoms with Crippen molar-refractivity contribution in [1.29, 1.82) is 0 Å². The van der Waals surface area contributed by atoms with Gasteiger partial charge < -0.3 is 14.9 Å². The Morgan fingerprint density at radius 3 is 2.65 bits per heavy atom. The Morgan fingerprint density at radius 2 is 2.00 bits per heavy atom. The van der Waals surface area contributed by atoms with Gasteiger partial charge >= 0.3 is 0 Å². The second-order valence-corrected chi connectivity index (χ2v) is 5.36. The highest BCUT2D eigenvalue weighted by atomic mass is 35.5. The minimum Gasteiger partial charge on any atom is -0.394 e. The highest BCUT2D eigenvalue weighted by Gasteiger charge is 2.36. The molecule has 0 amide bonds. The Labute approximate surface area is 128 Å². The summed E-state index contributed by atoms with van der Waals surface area (Å²) in [5, 5.41) is 19.0. The van der Waals surface area contributed by atoms with Crippen LogP contribution in [0.5, 0.6) is 0 Å². The van der Waals surface area contributed by atoms with E-state index in [9.17, 15) is 5.11 Å². The lowest BCUT2D eigenvalue weighted by molar-refractivity contribution is -0.0431. The van der Waals surface area contributed by atoms with Gasteiger partial charge in [0.25, 0.3) is 0 Å². The van der Waals surface area contributed by atoms with Gasteiger partial charge in [-0.3, -0.25) is 4.57 Å². The Hall–Kier alpha value is -0.700. The van der Waals surface area contributed by atoms with Gasteiger partial charge in [0.15, 0.2) is 10.8 Å². The van der Waals surface area contributed by atoms with E-state index in [0.717, 1.165) is 0 Å². The molecule has 3 rings (SSSR count). The van der Waals surface area contributed by atoms with Gasteiger partial charge in [0.05, 0.1) is 12.7 Å². The van der Waals surface area contributed by atoms with Gasteiger partial charge in [-0.1, -0.05) is 11.6 Å². The van der Waals surface area contributed by atoms with Crippen LogP contribution in [0.2, 0.25) is 15.7 Å². The Kier molecular flexibility index (Phi) is 3.74. The third-order valence-corrected chi connectivity index (χ3v) is 3.80. The van der Waals surface area contributed by atoms with E-state index in [1.807, 2.05) is 0 Å². The maximum absolute atomic E-state index is 9.78. The molecule has 2 N–H and O–H groups in total. The number of ether oxygens (including phenoxy) is 1. The van der Waals surface area contributed by atoms with Crippen molar-refractivity contribution >= 4 is 46.0 Å². The molecule has 0 aliphatic carbocycles. The van der Waals surface area contributed by atoms with E-state index in [0.29, 0.717) is 11.2 Å². The number of fused-ring (bicyclic) bond motifs is 1. The minimum atomic E-state index is -0.800. The van der Waals surface area contributed by atoms with Crippen LogP contribution in [0.4, 0.5) is 0 Å². The molecule has 3 heterocycles. The maximum Gasteiger partial charge on any atom is 0.225 e. The molecular weight excluding hydrogens is 330 g/mol. The van der Waals surface area contributed by atoms with E-state index in [1.165, 1.54) is 4.57 Å². The molecule has 0 saturated carbocycles. The van der Waals surface area contributed by atoms with Crippen molar-refractivity contribution < 1.29 is 14.9 Å². The SMILES string of the molecule is OC[C@@H]1O[C@@H](n2c(Cl)nc3c(Cl)nc(Cl)nc32)C[C@H]1O. The minimum absolute atomic E-state index is 0.0439. The number of aliphatic hydroxyl groups excluding tert-OH is 2. The molecule has 1 aliphatic heterocycles. The number of halogens is 3. The standard InChI is InChI=1S/C10H9Cl3N4O3/c11-7-6-8(16-9(12)15-7)17(10(13)14-6)5-1-3(19)4(2-18)20-5/h3-5,18-19H,1-2H2/t3-,4+,5-/m1/s1. The molecule has 0 unspecified atom stereocenters. The summed E-state index contributed by atoms with van der Waals surface area (Å²) < 4.78 is 7.00. The third-order valence-electron chi connectivity index (χ3n) is 3.10. The van der Waals surface area contributed by atoms with Crippen LogP contribution in [-0.4, -0.2) is 48.5 Å². The normalized spacial score (nSPS) is 26.6. The fourth-order valence-corrected chi connectivity index (χ4v) is 2.87. The lowest BCUT2D eigenvalue weighted by Gasteiger charge is -2.14. The first-order valence-electron chi connectivity index (χ1n) is 5.72. The van der Waals surface area contributed by atoms with Crippen LogP contribution >= 0.6 is 34.8 Å². The molecule has 20 heavy (non-hydrogen) atoms. The van der Waals surface area contributed by atoms with Crippen molar-refractivity contribution in [3.8, 4) is 0 Å². The first-order valence-corrected chi connectivity index (χ1v) is 6.85. The van der Waals surface area contributed by atoms with Crippen molar-refractivity contribution in [3.63, 3.8) is 0 Å². The molecule has 1 aliphatic rings. The monoisotopic (exact) mass is 338 g/mol. The predicted octanol–water partition coefficient (Wildman–Crippen LogP) is 1.43. The predicted molar refractivity (Wildman–Crippen MR) is 72.0 cm³/mol. The van der Waals surface area contributed by atoms with Crippen molar-refractivity contribution in [2.45, 2.75) is 24.9 Å². The maximum atomic E-state index is 9.78. The Morgan fingerprint density at radius 1 is 1.25 bits per heavy atom. The number of imidazole rings is 1. The van der Waals surface area contributed by atoms with Crippen LogP contribution in [0.15, 0.2) is 0 Å². The Bertz CT molecular complexity index is 665. The van der Waals surface area contributed by atoms with Crippen molar-refractivity contribution in [1.82, 2.24) is 19.5 Å². The smallest absolute Gasteiger partial charge is 0.225 e.